The lowest BCUT2D eigenvalue weighted by Gasteiger charge is -2.11. The second kappa shape index (κ2) is 7.06. The summed E-state index contributed by atoms with van der Waals surface area (Å²) in [6.45, 7) is 4.14. The molecule has 0 aliphatic rings. The van der Waals surface area contributed by atoms with Gasteiger partial charge in [-0.2, -0.15) is 0 Å². The van der Waals surface area contributed by atoms with Gasteiger partial charge in [-0.15, -0.1) is 0 Å². The third-order valence-electron chi connectivity index (χ3n) is 3.07. The molecule has 0 saturated carbocycles. The zero-order valence-electron chi connectivity index (χ0n) is 10.9. The van der Waals surface area contributed by atoms with Crippen molar-refractivity contribution in [2.75, 3.05) is 5.75 Å². The van der Waals surface area contributed by atoms with Gasteiger partial charge in [-0.25, -0.2) is 0 Å². The van der Waals surface area contributed by atoms with E-state index in [-0.39, 0.29) is 0 Å². The van der Waals surface area contributed by atoms with Gasteiger partial charge >= 0.3 is 0 Å². The Morgan fingerprint density at radius 3 is 2.58 bits per heavy atom. The maximum atomic E-state index is 12.3. The quantitative estimate of drug-likeness (QED) is 0.591. The van der Waals surface area contributed by atoms with Crippen LogP contribution in [0.15, 0.2) is 40.4 Å². The standard InChI is InChI=1S/C14H16INOS2/c1-10-3-5-12(6-4-10)19(17)8-7-13-11(2)9-16-14(13)18-15/h3-6,9,16H,7-8H2,1-2H3. The number of hydrogen-bond acceptors (Lipinski definition) is 2. The fourth-order valence-electron chi connectivity index (χ4n) is 1.91. The summed E-state index contributed by atoms with van der Waals surface area (Å²) >= 11 is 1.35. The molecular weight excluding hydrogens is 389 g/mol. The molecule has 102 valence electrons. The van der Waals surface area contributed by atoms with Crippen molar-refractivity contribution < 1.29 is 4.55 Å². The van der Waals surface area contributed by atoms with Gasteiger partial charge in [-0.1, -0.05) is 17.7 Å². The Labute approximate surface area is 133 Å². The Morgan fingerprint density at radius 1 is 1.26 bits per heavy atom. The van der Waals surface area contributed by atoms with Crippen molar-refractivity contribution in [1.82, 2.24) is 4.98 Å². The Hall–Kier alpha value is -0.110. The molecule has 0 saturated heterocycles. The van der Waals surface area contributed by atoms with Gasteiger partial charge in [0.25, 0.3) is 0 Å². The van der Waals surface area contributed by atoms with Crippen LogP contribution >= 0.6 is 30.1 Å². The minimum atomic E-state index is -0.920. The molecule has 0 radical (unpaired) electrons. The summed E-state index contributed by atoms with van der Waals surface area (Å²) in [5, 5.41) is 1.18. The molecule has 1 unspecified atom stereocenters. The molecule has 1 aromatic carbocycles. The van der Waals surface area contributed by atoms with Crippen LogP contribution in [0.3, 0.4) is 0 Å². The number of rotatable bonds is 5. The number of nitrogens with one attached hydrogen (secondary N) is 1. The molecule has 1 aromatic heterocycles. The number of aromatic nitrogens is 1. The van der Waals surface area contributed by atoms with E-state index >= 15 is 0 Å². The van der Waals surface area contributed by atoms with Gasteiger partial charge < -0.3 is 9.54 Å². The van der Waals surface area contributed by atoms with Gasteiger partial charge in [0.15, 0.2) is 4.90 Å². The van der Waals surface area contributed by atoms with Crippen LogP contribution in [-0.4, -0.2) is 15.3 Å². The molecule has 1 heterocycles. The topological polar surface area (TPSA) is 38.8 Å². The minimum Gasteiger partial charge on any atom is -0.611 e. The van der Waals surface area contributed by atoms with Crippen molar-refractivity contribution in [3.8, 4) is 0 Å². The smallest absolute Gasteiger partial charge is 0.152 e. The molecule has 2 nitrogen and oxygen atoms in total. The first-order valence-corrected chi connectivity index (χ1v) is 10.7. The molecule has 0 fully saturated rings. The second-order valence-corrected chi connectivity index (χ2v) is 7.92. The van der Waals surface area contributed by atoms with Crippen LogP contribution in [-0.2, 0) is 17.6 Å². The number of halogens is 1. The first kappa shape index (κ1) is 15.3. The summed E-state index contributed by atoms with van der Waals surface area (Å²) in [6.07, 6.45) is 2.87. The van der Waals surface area contributed by atoms with E-state index in [2.05, 4.69) is 33.1 Å². The summed E-state index contributed by atoms with van der Waals surface area (Å²) in [5.41, 5.74) is 3.74. The zero-order valence-corrected chi connectivity index (χ0v) is 14.7. The number of aromatic amines is 1. The lowest BCUT2D eigenvalue weighted by atomic mass is 10.2. The molecule has 2 rings (SSSR count). The maximum absolute atomic E-state index is 12.3. The molecule has 19 heavy (non-hydrogen) atoms. The molecule has 2 aromatic rings. The molecule has 1 atom stereocenters. The van der Waals surface area contributed by atoms with E-state index in [1.54, 1.807) is 8.93 Å². The lowest BCUT2D eigenvalue weighted by Crippen LogP contribution is -2.09. The molecule has 0 aliphatic carbocycles. The predicted octanol–water partition coefficient (Wildman–Crippen LogP) is 4.42. The normalized spacial score (nSPS) is 12.6. The predicted molar refractivity (Wildman–Crippen MR) is 91.6 cm³/mol. The van der Waals surface area contributed by atoms with Crippen molar-refractivity contribution in [3.05, 3.63) is 47.2 Å². The first-order valence-electron chi connectivity index (χ1n) is 6.02. The molecule has 0 spiro atoms. The summed E-state index contributed by atoms with van der Waals surface area (Å²) in [6, 6.07) is 7.95. The highest BCUT2D eigenvalue weighted by molar-refractivity contribution is 14.2. The summed E-state index contributed by atoms with van der Waals surface area (Å²) in [4.78, 5) is 4.17. The molecular formula is C14H16INOS2. The number of hydrogen-bond donors (Lipinski definition) is 1. The Balaban J connectivity index is 2.02. The molecule has 5 heteroatoms. The largest absolute Gasteiger partial charge is 0.611 e. The third-order valence-corrected chi connectivity index (χ3v) is 6.28. The third kappa shape index (κ3) is 3.93. The Bertz CT molecular complexity index is 539. The van der Waals surface area contributed by atoms with Gasteiger partial charge in [-0.05, 0) is 57.2 Å². The van der Waals surface area contributed by atoms with Crippen LogP contribution in [0.4, 0.5) is 0 Å². The lowest BCUT2D eigenvalue weighted by molar-refractivity contribution is 0.594. The van der Waals surface area contributed by atoms with Crippen LogP contribution in [0.5, 0.6) is 0 Å². The highest BCUT2D eigenvalue weighted by Crippen LogP contribution is 2.30. The second-order valence-electron chi connectivity index (χ2n) is 4.47. The summed E-state index contributed by atoms with van der Waals surface area (Å²) in [7, 11) is 1.68. The van der Waals surface area contributed by atoms with E-state index in [9.17, 15) is 4.55 Å². The Morgan fingerprint density at radius 2 is 1.95 bits per heavy atom. The number of benzene rings is 1. The number of aryl methyl sites for hydroxylation is 2. The summed E-state index contributed by atoms with van der Waals surface area (Å²) < 4.78 is 12.3. The van der Waals surface area contributed by atoms with Crippen molar-refractivity contribution in [3.63, 3.8) is 0 Å². The van der Waals surface area contributed by atoms with E-state index < -0.39 is 11.2 Å². The maximum Gasteiger partial charge on any atom is 0.152 e. The van der Waals surface area contributed by atoms with Crippen LogP contribution < -0.4 is 0 Å². The monoisotopic (exact) mass is 405 g/mol. The van der Waals surface area contributed by atoms with E-state index in [1.165, 1.54) is 21.7 Å². The number of H-pyrrole nitrogens is 1. The minimum absolute atomic E-state index is 0.673. The van der Waals surface area contributed by atoms with Crippen LogP contribution in [0.1, 0.15) is 16.7 Å². The molecule has 0 bridgehead atoms. The average molecular weight is 405 g/mol. The Kier molecular flexibility index (Phi) is 5.68. The van der Waals surface area contributed by atoms with Crippen LogP contribution in [0, 0.1) is 13.8 Å². The van der Waals surface area contributed by atoms with Gasteiger partial charge in [0, 0.05) is 33.8 Å². The van der Waals surface area contributed by atoms with Gasteiger partial charge in [0.05, 0.1) is 5.03 Å². The molecule has 0 aliphatic heterocycles. The van der Waals surface area contributed by atoms with Gasteiger partial charge in [0.2, 0.25) is 0 Å². The zero-order chi connectivity index (χ0) is 13.8. The SMILES string of the molecule is Cc1ccc([S+]([O-])CCc2c(C)c[nH]c2SI)cc1. The first-order chi connectivity index (χ1) is 9.11. The van der Waals surface area contributed by atoms with Crippen molar-refractivity contribution in [1.29, 1.82) is 0 Å². The van der Waals surface area contributed by atoms with Crippen LogP contribution in [0.2, 0.25) is 0 Å². The fraction of sp³-hybridized carbons (Fsp3) is 0.286. The fourth-order valence-corrected chi connectivity index (χ4v) is 4.61. The van der Waals surface area contributed by atoms with Crippen molar-refractivity contribution in [2.45, 2.75) is 30.2 Å². The van der Waals surface area contributed by atoms with Crippen molar-refractivity contribution in [2.24, 2.45) is 0 Å². The highest BCUT2D eigenvalue weighted by atomic mass is 127. The molecule has 0 amide bonds. The van der Waals surface area contributed by atoms with E-state index in [4.69, 9.17) is 0 Å². The summed E-state index contributed by atoms with van der Waals surface area (Å²) in [5.74, 6) is 0.673. The van der Waals surface area contributed by atoms with Gasteiger partial charge in [0.1, 0.15) is 5.75 Å². The van der Waals surface area contributed by atoms with Crippen molar-refractivity contribution >= 4 is 41.3 Å². The van der Waals surface area contributed by atoms with Gasteiger partial charge in [-0.3, -0.25) is 0 Å². The van der Waals surface area contributed by atoms with E-state index in [0.29, 0.717) is 5.75 Å². The average Bonchev–Trinajstić information content (AvgIpc) is 2.77. The van der Waals surface area contributed by atoms with E-state index in [0.717, 1.165) is 11.3 Å². The van der Waals surface area contributed by atoms with Crippen LogP contribution in [0.25, 0.3) is 0 Å². The molecule has 1 N–H and O–H groups in total. The van der Waals surface area contributed by atoms with E-state index in [1.807, 2.05) is 37.4 Å². The highest BCUT2D eigenvalue weighted by Gasteiger charge is 2.14.